The van der Waals surface area contributed by atoms with Crippen LogP contribution in [0.4, 0.5) is 0 Å². The molecule has 0 amide bonds. The molecule has 1 aliphatic heterocycles. The Morgan fingerprint density at radius 3 is 2.47 bits per heavy atom. The highest BCUT2D eigenvalue weighted by atomic mass is 16.8. The van der Waals surface area contributed by atoms with Crippen molar-refractivity contribution in [1.82, 2.24) is 0 Å². The molecule has 1 rings (SSSR count). The predicted molar refractivity (Wildman–Crippen MR) is 71.7 cm³/mol. The van der Waals surface area contributed by atoms with Gasteiger partial charge in [0.2, 0.25) is 0 Å². The number of methoxy groups -OCH3 is 1. The molecular formula is C14H28O5. The minimum absolute atomic E-state index is 0.374. The maximum absolute atomic E-state index is 5.58. The second-order valence-corrected chi connectivity index (χ2v) is 5.14. The van der Waals surface area contributed by atoms with Crippen LogP contribution in [0.25, 0.3) is 0 Å². The van der Waals surface area contributed by atoms with Crippen LogP contribution in [0.2, 0.25) is 0 Å². The monoisotopic (exact) mass is 276 g/mol. The van der Waals surface area contributed by atoms with Gasteiger partial charge < -0.3 is 23.7 Å². The van der Waals surface area contributed by atoms with Gasteiger partial charge in [-0.05, 0) is 32.6 Å². The first-order chi connectivity index (χ1) is 9.09. The molecule has 0 saturated carbocycles. The molecule has 0 aromatic carbocycles. The molecule has 0 N–H and O–H groups in total. The number of rotatable bonds is 10. The van der Waals surface area contributed by atoms with E-state index in [-0.39, 0.29) is 5.79 Å². The first kappa shape index (κ1) is 16.9. The summed E-state index contributed by atoms with van der Waals surface area (Å²) in [4.78, 5) is 0. The maximum atomic E-state index is 5.58. The standard InChI is InChI=1S/C14H28O5/c1-5-16-13(15-4)17-11-12(2)7-6-8-14(3)18-9-10-19-14/h12-13H,5-11H2,1-4H3. The van der Waals surface area contributed by atoms with E-state index in [9.17, 15) is 0 Å². The van der Waals surface area contributed by atoms with E-state index in [4.69, 9.17) is 23.7 Å². The average molecular weight is 276 g/mol. The molecule has 2 atom stereocenters. The minimum atomic E-state index is -0.550. The van der Waals surface area contributed by atoms with Gasteiger partial charge in [-0.25, -0.2) is 0 Å². The Morgan fingerprint density at radius 2 is 1.89 bits per heavy atom. The highest BCUT2D eigenvalue weighted by Gasteiger charge is 2.30. The second kappa shape index (κ2) is 8.87. The molecule has 1 saturated heterocycles. The Labute approximate surface area is 116 Å². The van der Waals surface area contributed by atoms with Crippen LogP contribution in [0.1, 0.15) is 40.0 Å². The van der Waals surface area contributed by atoms with Gasteiger partial charge in [0.05, 0.1) is 19.8 Å². The predicted octanol–water partition coefficient (Wildman–Crippen LogP) is 2.54. The summed E-state index contributed by atoms with van der Waals surface area (Å²) in [6.07, 6.45) is 3.06. The van der Waals surface area contributed by atoms with Crippen LogP contribution >= 0.6 is 0 Å². The van der Waals surface area contributed by atoms with Crippen molar-refractivity contribution in [3.05, 3.63) is 0 Å². The average Bonchev–Trinajstić information content (AvgIpc) is 2.81. The summed E-state index contributed by atoms with van der Waals surface area (Å²) in [6.45, 7) is 8.18. The fourth-order valence-electron chi connectivity index (χ4n) is 2.12. The van der Waals surface area contributed by atoms with Crippen molar-refractivity contribution in [3.8, 4) is 0 Å². The molecular weight excluding hydrogens is 248 g/mol. The summed E-state index contributed by atoms with van der Waals surface area (Å²) in [5.41, 5.74) is 0. The lowest BCUT2D eigenvalue weighted by Gasteiger charge is -2.23. The third kappa shape index (κ3) is 6.68. The summed E-state index contributed by atoms with van der Waals surface area (Å²) in [5.74, 6) is 0.0872. The molecule has 0 aromatic rings. The normalized spacial score (nSPS) is 21.5. The van der Waals surface area contributed by atoms with Crippen molar-refractivity contribution in [1.29, 1.82) is 0 Å². The van der Waals surface area contributed by atoms with Gasteiger partial charge in [-0.3, -0.25) is 0 Å². The van der Waals surface area contributed by atoms with Crippen LogP contribution in [-0.4, -0.2) is 45.8 Å². The van der Waals surface area contributed by atoms with Crippen LogP contribution in [-0.2, 0) is 23.7 Å². The van der Waals surface area contributed by atoms with Crippen molar-refractivity contribution in [2.75, 3.05) is 33.5 Å². The zero-order valence-corrected chi connectivity index (χ0v) is 12.6. The molecule has 0 spiro atoms. The first-order valence-electron chi connectivity index (χ1n) is 7.13. The van der Waals surface area contributed by atoms with Crippen LogP contribution in [0.5, 0.6) is 0 Å². The van der Waals surface area contributed by atoms with E-state index in [0.29, 0.717) is 32.3 Å². The van der Waals surface area contributed by atoms with E-state index in [2.05, 4.69) is 6.92 Å². The molecule has 19 heavy (non-hydrogen) atoms. The Kier molecular flexibility index (Phi) is 7.87. The van der Waals surface area contributed by atoms with E-state index in [0.717, 1.165) is 19.3 Å². The number of hydrogen-bond donors (Lipinski definition) is 0. The van der Waals surface area contributed by atoms with E-state index in [1.165, 1.54) is 0 Å². The molecule has 0 aromatic heterocycles. The van der Waals surface area contributed by atoms with Crippen LogP contribution in [0, 0.1) is 5.92 Å². The van der Waals surface area contributed by atoms with Gasteiger partial charge in [0.1, 0.15) is 0 Å². The third-order valence-corrected chi connectivity index (χ3v) is 3.24. The number of ether oxygens (including phenoxy) is 5. The van der Waals surface area contributed by atoms with E-state index < -0.39 is 6.48 Å². The van der Waals surface area contributed by atoms with E-state index in [1.54, 1.807) is 7.11 Å². The lowest BCUT2D eigenvalue weighted by Crippen LogP contribution is -2.26. The smallest absolute Gasteiger partial charge is 0.271 e. The fourth-order valence-corrected chi connectivity index (χ4v) is 2.12. The minimum Gasteiger partial charge on any atom is -0.348 e. The lowest BCUT2D eigenvalue weighted by molar-refractivity contribution is -0.278. The van der Waals surface area contributed by atoms with Gasteiger partial charge in [-0.1, -0.05) is 6.92 Å². The van der Waals surface area contributed by atoms with Crippen molar-refractivity contribution < 1.29 is 23.7 Å². The Bertz CT molecular complexity index is 228. The SMILES string of the molecule is CCOC(OC)OCC(C)CCCC1(C)OCCO1. The highest BCUT2D eigenvalue weighted by molar-refractivity contribution is 4.68. The Hall–Kier alpha value is -0.200. The molecule has 1 heterocycles. The van der Waals surface area contributed by atoms with Gasteiger partial charge in [0.25, 0.3) is 6.48 Å². The summed E-state index contributed by atoms with van der Waals surface area (Å²) < 4.78 is 27.0. The zero-order valence-electron chi connectivity index (χ0n) is 12.6. The van der Waals surface area contributed by atoms with E-state index >= 15 is 0 Å². The molecule has 5 heteroatoms. The molecule has 1 aliphatic rings. The summed E-state index contributed by atoms with van der Waals surface area (Å²) in [6, 6.07) is 0. The summed E-state index contributed by atoms with van der Waals surface area (Å²) in [5, 5.41) is 0. The van der Waals surface area contributed by atoms with E-state index in [1.807, 2.05) is 13.8 Å². The van der Waals surface area contributed by atoms with Gasteiger partial charge in [0.15, 0.2) is 5.79 Å². The van der Waals surface area contributed by atoms with Crippen LogP contribution in [0.3, 0.4) is 0 Å². The largest absolute Gasteiger partial charge is 0.348 e. The topological polar surface area (TPSA) is 46.2 Å². The van der Waals surface area contributed by atoms with Crippen LogP contribution < -0.4 is 0 Å². The molecule has 5 nitrogen and oxygen atoms in total. The van der Waals surface area contributed by atoms with Gasteiger partial charge in [-0.2, -0.15) is 0 Å². The Balaban J connectivity index is 2.08. The molecule has 0 bridgehead atoms. The summed E-state index contributed by atoms with van der Waals surface area (Å²) >= 11 is 0. The fraction of sp³-hybridized carbons (Fsp3) is 1.00. The maximum Gasteiger partial charge on any atom is 0.271 e. The first-order valence-corrected chi connectivity index (χ1v) is 7.13. The Morgan fingerprint density at radius 1 is 1.21 bits per heavy atom. The van der Waals surface area contributed by atoms with Crippen molar-refractivity contribution >= 4 is 0 Å². The van der Waals surface area contributed by atoms with Crippen molar-refractivity contribution in [2.24, 2.45) is 5.92 Å². The number of hydrogen-bond acceptors (Lipinski definition) is 5. The van der Waals surface area contributed by atoms with Gasteiger partial charge >= 0.3 is 0 Å². The molecule has 114 valence electrons. The second-order valence-electron chi connectivity index (χ2n) is 5.14. The highest BCUT2D eigenvalue weighted by Crippen LogP contribution is 2.25. The lowest BCUT2D eigenvalue weighted by atomic mass is 10.0. The quantitative estimate of drug-likeness (QED) is 0.574. The third-order valence-electron chi connectivity index (χ3n) is 3.24. The molecule has 0 radical (unpaired) electrons. The molecule has 1 fully saturated rings. The van der Waals surface area contributed by atoms with Crippen molar-refractivity contribution in [3.63, 3.8) is 0 Å². The molecule has 0 aliphatic carbocycles. The van der Waals surface area contributed by atoms with Crippen molar-refractivity contribution in [2.45, 2.75) is 52.3 Å². The van der Waals surface area contributed by atoms with Crippen LogP contribution in [0.15, 0.2) is 0 Å². The van der Waals surface area contributed by atoms with Gasteiger partial charge in [-0.15, -0.1) is 0 Å². The zero-order chi connectivity index (χ0) is 14.1. The molecule has 2 unspecified atom stereocenters. The summed E-state index contributed by atoms with van der Waals surface area (Å²) in [7, 11) is 1.58. The van der Waals surface area contributed by atoms with Gasteiger partial charge in [0, 0.05) is 20.1 Å².